The molecule has 1 unspecified atom stereocenters. The summed E-state index contributed by atoms with van der Waals surface area (Å²) in [5.74, 6) is 2.11. The van der Waals surface area contributed by atoms with Crippen molar-refractivity contribution in [3.63, 3.8) is 0 Å². The van der Waals surface area contributed by atoms with Gasteiger partial charge >= 0.3 is 0 Å². The zero-order chi connectivity index (χ0) is 14.0. The molecule has 2 rings (SSSR count). The number of anilines is 2. The van der Waals surface area contributed by atoms with E-state index in [9.17, 15) is 0 Å². The lowest BCUT2D eigenvalue weighted by molar-refractivity contribution is 0.395. The van der Waals surface area contributed by atoms with E-state index in [4.69, 9.17) is 23.2 Å². The summed E-state index contributed by atoms with van der Waals surface area (Å²) in [6, 6.07) is 1.74. The zero-order valence-electron chi connectivity index (χ0n) is 11.6. The van der Waals surface area contributed by atoms with E-state index < -0.39 is 0 Å². The van der Waals surface area contributed by atoms with Crippen LogP contribution in [0.3, 0.4) is 0 Å². The molecule has 1 atom stereocenters. The maximum Gasteiger partial charge on any atom is 0.149 e. The molecule has 0 aliphatic carbocycles. The van der Waals surface area contributed by atoms with Crippen LogP contribution in [0, 0.1) is 5.92 Å². The Kier molecular flexibility index (Phi) is 4.76. The van der Waals surface area contributed by atoms with Gasteiger partial charge in [0.05, 0.1) is 10.0 Å². The van der Waals surface area contributed by atoms with Gasteiger partial charge in [0.1, 0.15) is 11.6 Å². The molecule has 19 heavy (non-hydrogen) atoms. The van der Waals surface area contributed by atoms with Gasteiger partial charge in [-0.2, -0.15) is 0 Å². The quantitative estimate of drug-likeness (QED) is 0.927. The van der Waals surface area contributed by atoms with Crippen LogP contribution in [0.2, 0.25) is 10.0 Å². The smallest absolute Gasteiger partial charge is 0.149 e. The lowest BCUT2D eigenvalue weighted by Crippen LogP contribution is -2.28. The Labute approximate surface area is 124 Å². The number of aromatic nitrogens is 1. The van der Waals surface area contributed by atoms with Crippen molar-refractivity contribution in [2.24, 2.45) is 5.92 Å². The Morgan fingerprint density at radius 1 is 1.47 bits per heavy atom. The summed E-state index contributed by atoms with van der Waals surface area (Å²) in [6.45, 7) is 3.26. The van der Waals surface area contributed by atoms with E-state index in [1.54, 1.807) is 13.1 Å². The number of nitrogens with one attached hydrogen (secondary N) is 1. The molecule has 0 aromatic carbocycles. The molecule has 1 saturated heterocycles. The topological polar surface area (TPSA) is 31.4 Å². The second kappa shape index (κ2) is 6.16. The van der Waals surface area contributed by atoms with Crippen LogP contribution in [0.4, 0.5) is 11.6 Å². The Bertz CT molecular complexity index is 453. The molecule has 1 fully saturated rings. The van der Waals surface area contributed by atoms with Gasteiger partial charge in [-0.1, -0.05) is 23.2 Å². The van der Waals surface area contributed by atoms with Crippen molar-refractivity contribution in [1.82, 2.24) is 9.88 Å². The van der Waals surface area contributed by atoms with Crippen molar-refractivity contribution < 1.29 is 0 Å². The van der Waals surface area contributed by atoms with Crippen LogP contribution < -0.4 is 10.2 Å². The van der Waals surface area contributed by atoms with Crippen molar-refractivity contribution in [2.45, 2.75) is 6.42 Å². The highest BCUT2D eigenvalue weighted by atomic mass is 35.5. The molecule has 1 aliphatic rings. The molecule has 1 aliphatic heterocycles. The third kappa shape index (κ3) is 3.44. The first-order chi connectivity index (χ1) is 9.01. The highest BCUT2D eigenvalue weighted by molar-refractivity contribution is 6.37. The highest BCUT2D eigenvalue weighted by Gasteiger charge is 2.22. The summed E-state index contributed by atoms with van der Waals surface area (Å²) in [4.78, 5) is 8.96. The van der Waals surface area contributed by atoms with Gasteiger partial charge in [-0.25, -0.2) is 4.98 Å². The van der Waals surface area contributed by atoms with Gasteiger partial charge in [0.15, 0.2) is 0 Å². The van der Waals surface area contributed by atoms with Crippen LogP contribution in [0.5, 0.6) is 0 Å². The van der Waals surface area contributed by atoms with Gasteiger partial charge < -0.3 is 15.1 Å². The van der Waals surface area contributed by atoms with Crippen molar-refractivity contribution >= 4 is 34.8 Å². The SMILES string of the molecule is CNc1nc(N(C)CC2CCN(C)C2)c(Cl)cc1Cl. The van der Waals surface area contributed by atoms with Crippen LogP contribution in [-0.4, -0.2) is 50.7 Å². The first-order valence-electron chi connectivity index (χ1n) is 6.44. The second-order valence-electron chi connectivity index (χ2n) is 5.17. The molecule has 1 aromatic rings. The fourth-order valence-corrected chi connectivity index (χ4v) is 3.15. The van der Waals surface area contributed by atoms with Gasteiger partial charge in [0, 0.05) is 27.2 Å². The first kappa shape index (κ1) is 14.7. The molecule has 0 bridgehead atoms. The van der Waals surface area contributed by atoms with E-state index in [2.05, 4.69) is 27.1 Å². The van der Waals surface area contributed by atoms with Gasteiger partial charge in [-0.15, -0.1) is 0 Å². The minimum absolute atomic E-state index is 0.547. The van der Waals surface area contributed by atoms with E-state index in [1.165, 1.54) is 13.0 Å². The minimum Gasteiger partial charge on any atom is -0.372 e. The van der Waals surface area contributed by atoms with Crippen molar-refractivity contribution in [2.75, 3.05) is 51.0 Å². The van der Waals surface area contributed by atoms with Gasteiger partial charge in [0.25, 0.3) is 0 Å². The van der Waals surface area contributed by atoms with Gasteiger partial charge in [0.2, 0.25) is 0 Å². The highest BCUT2D eigenvalue weighted by Crippen LogP contribution is 2.31. The molecule has 2 heterocycles. The normalized spacial score (nSPS) is 19.7. The van der Waals surface area contributed by atoms with Crippen LogP contribution in [0.1, 0.15) is 6.42 Å². The molecular weight excluding hydrogens is 283 g/mol. The largest absolute Gasteiger partial charge is 0.372 e. The van der Waals surface area contributed by atoms with E-state index in [1.807, 2.05) is 7.05 Å². The Morgan fingerprint density at radius 3 is 2.79 bits per heavy atom. The molecule has 1 aromatic heterocycles. The summed E-state index contributed by atoms with van der Waals surface area (Å²) < 4.78 is 0. The van der Waals surface area contributed by atoms with E-state index in [0.29, 0.717) is 21.8 Å². The van der Waals surface area contributed by atoms with Gasteiger partial charge in [-0.3, -0.25) is 0 Å². The van der Waals surface area contributed by atoms with Crippen LogP contribution >= 0.6 is 23.2 Å². The number of nitrogens with zero attached hydrogens (tertiary/aromatic N) is 3. The fourth-order valence-electron chi connectivity index (χ4n) is 2.55. The molecule has 106 valence electrons. The van der Waals surface area contributed by atoms with E-state index in [-0.39, 0.29) is 0 Å². The van der Waals surface area contributed by atoms with E-state index in [0.717, 1.165) is 18.9 Å². The maximum atomic E-state index is 6.24. The molecule has 0 spiro atoms. The molecule has 1 N–H and O–H groups in total. The average Bonchev–Trinajstić information content (AvgIpc) is 2.74. The van der Waals surface area contributed by atoms with Crippen molar-refractivity contribution in [1.29, 1.82) is 0 Å². The Hall–Kier alpha value is -0.710. The van der Waals surface area contributed by atoms with Crippen molar-refractivity contribution in [3.8, 4) is 0 Å². The lowest BCUT2D eigenvalue weighted by Gasteiger charge is -2.23. The van der Waals surface area contributed by atoms with Gasteiger partial charge in [-0.05, 0) is 32.0 Å². The Morgan fingerprint density at radius 2 is 2.21 bits per heavy atom. The number of rotatable bonds is 4. The van der Waals surface area contributed by atoms with Crippen molar-refractivity contribution in [3.05, 3.63) is 16.1 Å². The summed E-state index contributed by atoms with van der Waals surface area (Å²) in [6.07, 6.45) is 1.23. The number of hydrogen-bond acceptors (Lipinski definition) is 4. The summed E-state index contributed by atoms with van der Waals surface area (Å²) in [7, 11) is 5.99. The summed E-state index contributed by atoms with van der Waals surface area (Å²) in [5.41, 5.74) is 0. The zero-order valence-corrected chi connectivity index (χ0v) is 13.1. The fraction of sp³-hybridized carbons (Fsp3) is 0.615. The third-order valence-corrected chi connectivity index (χ3v) is 4.10. The molecule has 0 amide bonds. The third-order valence-electron chi connectivity index (χ3n) is 3.53. The summed E-state index contributed by atoms with van der Waals surface area (Å²) in [5, 5.41) is 4.12. The molecular formula is C13H20Cl2N4. The Balaban J connectivity index is 2.12. The predicted molar refractivity (Wildman–Crippen MR) is 82.7 cm³/mol. The lowest BCUT2D eigenvalue weighted by atomic mass is 10.1. The molecule has 0 saturated carbocycles. The minimum atomic E-state index is 0.547. The summed E-state index contributed by atoms with van der Waals surface area (Å²) >= 11 is 12.3. The number of pyridine rings is 1. The molecule has 0 radical (unpaired) electrons. The molecule has 4 nitrogen and oxygen atoms in total. The van der Waals surface area contributed by atoms with E-state index >= 15 is 0 Å². The maximum absolute atomic E-state index is 6.24. The number of hydrogen-bond donors (Lipinski definition) is 1. The second-order valence-corrected chi connectivity index (χ2v) is 5.99. The standard InChI is InChI=1S/C13H20Cl2N4/c1-16-12-10(14)6-11(15)13(17-12)19(3)8-9-4-5-18(2)7-9/h6,9H,4-5,7-8H2,1-3H3,(H,16,17). The predicted octanol–water partition coefficient (Wildman–Crippen LogP) is 2.82. The monoisotopic (exact) mass is 302 g/mol. The molecule has 6 heteroatoms. The van der Waals surface area contributed by atoms with Crippen LogP contribution in [0.15, 0.2) is 6.07 Å². The van der Waals surface area contributed by atoms with Crippen LogP contribution in [0.25, 0.3) is 0 Å². The number of likely N-dealkylation sites (tertiary alicyclic amines) is 1. The number of halogens is 2. The first-order valence-corrected chi connectivity index (χ1v) is 7.20. The average molecular weight is 303 g/mol. The van der Waals surface area contributed by atoms with Crippen LogP contribution in [-0.2, 0) is 0 Å².